The van der Waals surface area contributed by atoms with Crippen LogP contribution in [0.25, 0.3) is 10.9 Å². The van der Waals surface area contributed by atoms with Crippen LogP contribution in [-0.2, 0) is 6.54 Å². The van der Waals surface area contributed by atoms with E-state index in [1.54, 1.807) is 0 Å². The normalized spacial score (nSPS) is 17.1. The fourth-order valence-electron chi connectivity index (χ4n) is 2.99. The first-order valence-electron chi connectivity index (χ1n) is 7.34. The molecule has 3 rings (SSSR count). The Balaban J connectivity index is 1.74. The zero-order valence-corrected chi connectivity index (χ0v) is 13.1. The lowest BCUT2D eigenvalue weighted by Gasteiger charge is -2.40. The zero-order chi connectivity index (χ0) is 14.0. The van der Waals surface area contributed by atoms with E-state index in [4.69, 9.17) is 0 Å². The Morgan fingerprint density at radius 1 is 1.30 bits per heavy atom. The van der Waals surface area contributed by atoms with Crippen LogP contribution in [0, 0.1) is 6.92 Å². The maximum Gasteiger partial charge on any atom is 0.0708 e. The summed E-state index contributed by atoms with van der Waals surface area (Å²) < 4.78 is 0.498. The average Bonchev–Trinajstić information content (AvgIpc) is 2.41. The van der Waals surface area contributed by atoms with Crippen molar-refractivity contribution >= 4 is 22.7 Å². The maximum atomic E-state index is 4.60. The van der Waals surface area contributed by atoms with E-state index in [0.29, 0.717) is 4.75 Å². The minimum absolute atomic E-state index is 0.498. The Kier molecular flexibility index (Phi) is 3.99. The minimum Gasteiger partial charge on any atom is -0.311 e. The summed E-state index contributed by atoms with van der Waals surface area (Å²) in [5.41, 5.74) is 3.57. The molecule has 1 aromatic carbocycles. The third kappa shape index (κ3) is 2.70. The van der Waals surface area contributed by atoms with Gasteiger partial charge >= 0.3 is 0 Å². The van der Waals surface area contributed by atoms with E-state index in [1.807, 2.05) is 11.8 Å². The molecule has 0 saturated heterocycles. The number of thioether (sulfide) groups is 1. The van der Waals surface area contributed by atoms with E-state index in [0.717, 1.165) is 24.3 Å². The Labute approximate surface area is 125 Å². The molecule has 0 bridgehead atoms. The fourth-order valence-corrected chi connectivity index (χ4v) is 3.93. The molecule has 0 atom stereocenters. The van der Waals surface area contributed by atoms with Gasteiger partial charge in [0.05, 0.1) is 5.52 Å². The molecule has 1 saturated carbocycles. The maximum absolute atomic E-state index is 4.60. The van der Waals surface area contributed by atoms with Gasteiger partial charge in [-0.15, -0.1) is 0 Å². The van der Waals surface area contributed by atoms with Crippen LogP contribution in [0.2, 0.25) is 0 Å². The highest BCUT2D eigenvalue weighted by atomic mass is 32.2. The number of hydrogen-bond donors (Lipinski definition) is 1. The van der Waals surface area contributed by atoms with Crippen molar-refractivity contribution in [1.82, 2.24) is 10.3 Å². The summed E-state index contributed by atoms with van der Waals surface area (Å²) in [6, 6.07) is 10.6. The number of aryl methyl sites for hydroxylation is 1. The molecular formula is C17H22N2S. The molecule has 106 valence electrons. The van der Waals surface area contributed by atoms with Crippen LogP contribution in [0.1, 0.15) is 30.5 Å². The van der Waals surface area contributed by atoms with Gasteiger partial charge in [0, 0.05) is 28.9 Å². The lowest BCUT2D eigenvalue weighted by Crippen LogP contribution is -2.43. The number of benzene rings is 1. The Bertz CT molecular complexity index is 599. The predicted octanol–water partition coefficient (Wildman–Crippen LogP) is 3.92. The smallest absolute Gasteiger partial charge is 0.0708 e. The molecule has 1 aliphatic carbocycles. The van der Waals surface area contributed by atoms with Crippen molar-refractivity contribution in [2.24, 2.45) is 0 Å². The summed E-state index contributed by atoms with van der Waals surface area (Å²) in [6.45, 7) is 4.13. The van der Waals surface area contributed by atoms with Crippen LogP contribution in [0.15, 0.2) is 30.3 Å². The lowest BCUT2D eigenvalue weighted by atomic mass is 9.84. The first-order chi connectivity index (χ1) is 9.72. The summed E-state index contributed by atoms with van der Waals surface area (Å²) in [5, 5.41) is 4.94. The van der Waals surface area contributed by atoms with Gasteiger partial charge in [-0.25, -0.2) is 0 Å². The molecule has 0 amide bonds. The second-order valence-corrected chi connectivity index (χ2v) is 7.06. The number of nitrogens with one attached hydrogen (secondary N) is 1. The molecule has 1 fully saturated rings. The molecule has 2 nitrogen and oxygen atoms in total. The fraction of sp³-hybridized carbons (Fsp3) is 0.471. The molecule has 3 heteroatoms. The van der Waals surface area contributed by atoms with Crippen LogP contribution in [0.3, 0.4) is 0 Å². The number of fused-ring (bicyclic) bond motifs is 1. The highest BCUT2D eigenvalue weighted by Crippen LogP contribution is 2.42. The largest absolute Gasteiger partial charge is 0.311 e. The summed E-state index contributed by atoms with van der Waals surface area (Å²) in [6.07, 6.45) is 6.35. The van der Waals surface area contributed by atoms with Crippen LogP contribution in [0.5, 0.6) is 0 Å². The van der Waals surface area contributed by atoms with E-state index in [-0.39, 0.29) is 0 Å². The van der Waals surface area contributed by atoms with E-state index in [9.17, 15) is 0 Å². The monoisotopic (exact) mass is 286 g/mol. The molecule has 0 spiro atoms. The van der Waals surface area contributed by atoms with Crippen LogP contribution >= 0.6 is 11.8 Å². The first-order valence-corrected chi connectivity index (χ1v) is 8.56. The molecule has 1 aliphatic rings. The van der Waals surface area contributed by atoms with Crippen molar-refractivity contribution in [2.45, 2.75) is 37.5 Å². The zero-order valence-electron chi connectivity index (χ0n) is 12.3. The summed E-state index contributed by atoms with van der Waals surface area (Å²) >= 11 is 2.03. The predicted molar refractivity (Wildman–Crippen MR) is 88.3 cm³/mol. The van der Waals surface area contributed by atoms with E-state index in [2.05, 4.69) is 53.8 Å². The van der Waals surface area contributed by atoms with E-state index in [1.165, 1.54) is 30.2 Å². The molecule has 1 heterocycles. The highest BCUT2D eigenvalue weighted by Gasteiger charge is 2.35. The van der Waals surface area contributed by atoms with Gasteiger partial charge in [-0.2, -0.15) is 11.8 Å². The van der Waals surface area contributed by atoms with Gasteiger partial charge in [0.25, 0.3) is 0 Å². The quantitative estimate of drug-likeness (QED) is 0.902. The van der Waals surface area contributed by atoms with Gasteiger partial charge in [-0.05, 0) is 43.7 Å². The van der Waals surface area contributed by atoms with Crippen molar-refractivity contribution in [2.75, 3.05) is 12.8 Å². The van der Waals surface area contributed by atoms with Gasteiger partial charge < -0.3 is 5.32 Å². The van der Waals surface area contributed by atoms with Crippen molar-refractivity contribution in [3.63, 3.8) is 0 Å². The second-order valence-electron chi connectivity index (χ2n) is 5.78. The number of nitrogens with zero attached hydrogens (tertiary/aromatic N) is 1. The number of para-hydroxylation sites is 1. The molecule has 1 N–H and O–H groups in total. The van der Waals surface area contributed by atoms with Gasteiger partial charge in [-0.3, -0.25) is 4.98 Å². The SMILES string of the molecule is CSC1(CNCc2cc(C)nc3ccccc23)CCC1. The van der Waals surface area contributed by atoms with Gasteiger partial charge in [0.1, 0.15) is 0 Å². The number of pyridine rings is 1. The highest BCUT2D eigenvalue weighted by molar-refractivity contribution is 8.00. The molecule has 1 aromatic heterocycles. The Hall–Kier alpha value is -1.06. The minimum atomic E-state index is 0.498. The standard InChI is InChI=1S/C17H22N2S/c1-13-10-14(15-6-3-4-7-16(15)19-13)11-18-12-17(20-2)8-5-9-17/h3-4,6-7,10,18H,5,8-9,11-12H2,1-2H3. The summed E-state index contributed by atoms with van der Waals surface area (Å²) in [4.78, 5) is 4.60. The number of rotatable bonds is 5. The summed E-state index contributed by atoms with van der Waals surface area (Å²) in [7, 11) is 0. The van der Waals surface area contributed by atoms with Crippen molar-refractivity contribution in [3.05, 3.63) is 41.6 Å². The second kappa shape index (κ2) is 5.74. The topological polar surface area (TPSA) is 24.9 Å². The number of aromatic nitrogens is 1. The van der Waals surface area contributed by atoms with Crippen molar-refractivity contribution < 1.29 is 0 Å². The molecular weight excluding hydrogens is 264 g/mol. The van der Waals surface area contributed by atoms with Crippen LogP contribution < -0.4 is 5.32 Å². The van der Waals surface area contributed by atoms with E-state index < -0.39 is 0 Å². The molecule has 2 aromatic rings. The van der Waals surface area contributed by atoms with Crippen molar-refractivity contribution in [3.8, 4) is 0 Å². The molecule has 0 radical (unpaired) electrons. The number of hydrogen-bond acceptors (Lipinski definition) is 3. The Morgan fingerprint density at radius 3 is 2.80 bits per heavy atom. The molecule has 0 unspecified atom stereocenters. The average molecular weight is 286 g/mol. The third-order valence-corrected chi connectivity index (χ3v) is 5.81. The third-order valence-electron chi connectivity index (χ3n) is 4.39. The lowest BCUT2D eigenvalue weighted by molar-refractivity contribution is 0.345. The Morgan fingerprint density at radius 2 is 2.10 bits per heavy atom. The first kappa shape index (κ1) is 13.9. The van der Waals surface area contributed by atoms with Crippen LogP contribution in [-0.4, -0.2) is 22.5 Å². The molecule has 0 aliphatic heterocycles. The van der Waals surface area contributed by atoms with Crippen molar-refractivity contribution in [1.29, 1.82) is 0 Å². The van der Waals surface area contributed by atoms with E-state index >= 15 is 0 Å². The van der Waals surface area contributed by atoms with Gasteiger partial charge in [0.15, 0.2) is 0 Å². The molecule has 20 heavy (non-hydrogen) atoms. The van der Waals surface area contributed by atoms with Gasteiger partial charge in [-0.1, -0.05) is 24.6 Å². The van der Waals surface area contributed by atoms with Gasteiger partial charge in [0.2, 0.25) is 0 Å². The summed E-state index contributed by atoms with van der Waals surface area (Å²) in [5.74, 6) is 0. The van der Waals surface area contributed by atoms with Crippen LogP contribution in [0.4, 0.5) is 0 Å².